The van der Waals surface area contributed by atoms with Crippen LogP contribution in [0.3, 0.4) is 0 Å². The van der Waals surface area contributed by atoms with Gasteiger partial charge in [0.25, 0.3) is 0 Å². The lowest BCUT2D eigenvalue weighted by Crippen LogP contribution is -2.33. The molecule has 1 unspecified atom stereocenters. The molecule has 0 fully saturated rings. The Morgan fingerprint density at radius 1 is 1.75 bits per heavy atom. The Labute approximate surface area is 74.5 Å². The fraction of sp³-hybridized carbons (Fsp3) is 0.700. The summed E-state index contributed by atoms with van der Waals surface area (Å²) < 4.78 is 0. The van der Waals surface area contributed by atoms with Gasteiger partial charge < -0.3 is 0 Å². The summed E-state index contributed by atoms with van der Waals surface area (Å²) >= 11 is 0. The molecule has 0 aromatic carbocycles. The maximum atomic E-state index is 8.44. The van der Waals surface area contributed by atoms with E-state index in [1.54, 1.807) is 0 Å². The molecular weight excluding hydrogens is 148 g/mol. The molecule has 66 valence electrons. The van der Waals surface area contributed by atoms with Crippen molar-refractivity contribution in [2.24, 2.45) is 5.92 Å². The fourth-order valence-corrected chi connectivity index (χ4v) is 1.79. The SMILES string of the molecule is CC1=CC(C)CN(CCC#N)C1. The van der Waals surface area contributed by atoms with E-state index < -0.39 is 0 Å². The van der Waals surface area contributed by atoms with Crippen molar-refractivity contribution in [2.75, 3.05) is 19.6 Å². The third-order valence-electron chi connectivity index (χ3n) is 2.13. The molecule has 1 aliphatic rings. The Morgan fingerprint density at radius 3 is 3.08 bits per heavy atom. The predicted octanol–water partition coefficient (Wildman–Crippen LogP) is 1.80. The van der Waals surface area contributed by atoms with E-state index in [-0.39, 0.29) is 0 Å². The van der Waals surface area contributed by atoms with E-state index in [0.29, 0.717) is 12.3 Å². The van der Waals surface area contributed by atoms with Crippen LogP contribution in [0.25, 0.3) is 0 Å². The molecule has 0 amide bonds. The van der Waals surface area contributed by atoms with Crippen LogP contribution < -0.4 is 0 Å². The van der Waals surface area contributed by atoms with E-state index in [0.717, 1.165) is 19.6 Å². The minimum Gasteiger partial charge on any atom is -0.298 e. The summed E-state index contributed by atoms with van der Waals surface area (Å²) in [6, 6.07) is 2.18. The van der Waals surface area contributed by atoms with Crippen LogP contribution in [0.15, 0.2) is 11.6 Å². The highest BCUT2D eigenvalue weighted by molar-refractivity contribution is 5.07. The first-order valence-electron chi connectivity index (χ1n) is 4.49. The minimum absolute atomic E-state index is 0.650. The first-order valence-corrected chi connectivity index (χ1v) is 4.49. The maximum absolute atomic E-state index is 8.44. The lowest BCUT2D eigenvalue weighted by Gasteiger charge is -2.28. The van der Waals surface area contributed by atoms with Gasteiger partial charge in [0.15, 0.2) is 0 Å². The molecule has 1 aliphatic heterocycles. The second kappa shape index (κ2) is 4.27. The smallest absolute Gasteiger partial charge is 0.0635 e. The van der Waals surface area contributed by atoms with Gasteiger partial charge in [-0.1, -0.05) is 18.6 Å². The molecule has 2 heteroatoms. The fourth-order valence-electron chi connectivity index (χ4n) is 1.79. The van der Waals surface area contributed by atoms with Crippen LogP contribution in [0.5, 0.6) is 0 Å². The van der Waals surface area contributed by atoms with Crippen molar-refractivity contribution in [2.45, 2.75) is 20.3 Å². The van der Waals surface area contributed by atoms with Gasteiger partial charge in [0, 0.05) is 26.1 Å². The molecule has 0 N–H and O–H groups in total. The van der Waals surface area contributed by atoms with E-state index >= 15 is 0 Å². The van der Waals surface area contributed by atoms with Crippen LogP contribution in [-0.4, -0.2) is 24.5 Å². The lowest BCUT2D eigenvalue weighted by molar-refractivity contribution is 0.264. The van der Waals surface area contributed by atoms with Crippen LogP contribution in [0, 0.1) is 17.2 Å². The van der Waals surface area contributed by atoms with Crippen molar-refractivity contribution in [1.29, 1.82) is 5.26 Å². The zero-order valence-corrected chi connectivity index (χ0v) is 7.88. The van der Waals surface area contributed by atoms with E-state index in [2.05, 4.69) is 30.9 Å². The van der Waals surface area contributed by atoms with Crippen molar-refractivity contribution in [3.05, 3.63) is 11.6 Å². The number of nitrogens with zero attached hydrogens (tertiary/aromatic N) is 2. The van der Waals surface area contributed by atoms with Crippen molar-refractivity contribution < 1.29 is 0 Å². The van der Waals surface area contributed by atoms with Crippen LogP contribution >= 0.6 is 0 Å². The molecule has 1 heterocycles. The van der Waals surface area contributed by atoms with Gasteiger partial charge in [0.1, 0.15) is 0 Å². The van der Waals surface area contributed by atoms with Crippen LogP contribution in [0.1, 0.15) is 20.3 Å². The second-order valence-corrected chi connectivity index (χ2v) is 3.63. The molecule has 0 aromatic rings. The van der Waals surface area contributed by atoms with Gasteiger partial charge in [-0.15, -0.1) is 0 Å². The summed E-state index contributed by atoms with van der Waals surface area (Å²) in [5.74, 6) is 0.650. The lowest BCUT2D eigenvalue weighted by atomic mass is 10.0. The molecular formula is C10H16N2. The summed E-state index contributed by atoms with van der Waals surface area (Å²) in [5, 5.41) is 8.44. The van der Waals surface area contributed by atoms with Gasteiger partial charge in [0.05, 0.1) is 6.07 Å². The zero-order chi connectivity index (χ0) is 8.97. The first kappa shape index (κ1) is 9.28. The molecule has 1 rings (SSSR count). The normalized spacial score (nSPS) is 24.8. The number of rotatable bonds is 2. The van der Waals surface area contributed by atoms with Crippen molar-refractivity contribution in [3.8, 4) is 6.07 Å². The molecule has 12 heavy (non-hydrogen) atoms. The monoisotopic (exact) mass is 164 g/mol. The van der Waals surface area contributed by atoms with Gasteiger partial charge in [-0.05, 0) is 12.8 Å². The van der Waals surface area contributed by atoms with Gasteiger partial charge in [0.2, 0.25) is 0 Å². The quantitative estimate of drug-likeness (QED) is 0.582. The summed E-state index contributed by atoms with van der Waals surface area (Å²) in [7, 11) is 0. The average Bonchev–Trinajstić information content (AvgIpc) is 1.99. The standard InChI is InChI=1S/C10H16N2/c1-9-6-10(2)8-12(7-9)5-3-4-11/h6,9H,3,5,7-8H2,1-2H3. The molecule has 0 aromatic heterocycles. The van der Waals surface area contributed by atoms with E-state index in [4.69, 9.17) is 5.26 Å². The van der Waals surface area contributed by atoms with Crippen molar-refractivity contribution in [1.82, 2.24) is 4.90 Å². The summed E-state index contributed by atoms with van der Waals surface area (Å²) in [6.07, 6.45) is 2.98. The molecule has 0 spiro atoms. The largest absolute Gasteiger partial charge is 0.298 e. The maximum Gasteiger partial charge on any atom is 0.0635 e. The highest BCUT2D eigenvalue weighted by Crippen LogP contribution is 2.13. The third-order valence-corrected chi connectivity index (χ3v) is 2.13. The summed E-state index contributed by atoms with van der Waals surface area (Å²) in [4.78, 5) is 2.35. The molecule has 1 atom stereocenters. The van der Waals surface area contributed by atoms with Crippen LogP contribution in [0.2, 0.25) is 0 Å². The van der Waals surface area contributed by atoms with Crippen LogP contribution in [0.4, 0.5) is 0 Å². The van der Waals surface area contributed by atoms with Gasteiger partial charge in [-0.2, -0.15) is 5.26 Å². The Bertz CT molecular complexity index is 212. The van der Waals surface area contributed by atoms with Crippen molar-refractivity contribution >= 4 is 0 Å². The van der Waals surface area contributed by atoms with E-state index in [9.17, 15) is 0 Å². The molecule has 0 radical (unpaired) electrons. The Balaban J connectivity index is 2.40. The number of hydrogen-bond acceptors (Lipinski definition) is 2. The molecule has 0 saturated carbocycles. The zero-order valence-electron chi connectivity index (χ0n) is 7.88. The highest BCUT2D eigenvalue weighted by atomic mass is 15.1. The molecule has 0 aliphatic carbocycles. The number of hydrogen-bond donors (Lipinski definition) is 0. The van der Waals surface area contributed by atoms with Crippen LogP contribution in [-0.2, 0) is 0 Å². The van der Waals surface area contributed by atoms with Gasteiger partial charge in [-0.3, -0.25) is 4.90 Å². The average molecular weight is 164 g/mol. The van der Waals surface area contributed by atoms with Gasteiger partial charge in [-0.25, -0.2) is 0 Å². The number of nitriles is 1. The van der Waals surface area contributed by atoms with E-state index in [1.165, 1.54) is 5.57 Å². The summed E-state index contributed by atoms with van der Waals surface area (Å²) in [5.41, 5.74) is 1.44. The van der Waals surface area contributed by atoms with Gasteiger partial charge >= 0.3 is 0 Å². The predicted molar refractivity (Wildman–Crippen MR) is 49.6 cm³/mol. The third kappa shape index (κ3) is 2.67. The van der Waals surface area contributed by atoms with E-state index in [1.807, 2.05) is 0 Å². The Morgan fingerprint density at radius 2 is 2.50 bits per heavy atom. The molecule has 0 bridgehead atoms. The molecule has 0 saturated heterocycles. The highest BCUT2D eigenvalue weighted by Gasteiger charge is 2.13. The summed E-state index contributed by atoms with van der Waals surface area (Å²) in [6.45, 7) is 7.47. The van der Waals surface area contributed by atoms with Crippen molar-refractivity contribution in [3.63, 3.8) is 0 Å². The molecule has 2 nitrogen and oxygen atoms in total. The minimum atomic E-state index is 0.650. The Kier molecular flexibility index (Phi) is 3.31. The Hall–Kier alpha value is -0.810. The second-order valence-electron chi connectivity index (χ2n) is 3.63. The topological polar surface area (TPSA) is 27.0 Å². The first-order chi connectivity index (χ1) is 5.72.